The molecule has 7 heteroatoms. The van der Waals surface area contributed by atoms with E-state index in [1.807, 2.05) is 11.5 Å². The molecular formula is C17H17F3N2O2. The van der Waals surface area contributed by atoms with E-state index in [1.54, 1.807) is 12.1 Å². The maximum atomic E-state index is 12.9. The molecular weight excluding hydrogens is 321 g/mol. The second-order valence-corrected chi connectivity index (χ2v) is 5.32. The first-order valence-corrected chi connectivity index (χ1v) is 7.70. The predicted molar refractivity (Wildman–Crippen MR) is 83.5 cm³/mol. The van der Waals surface area contributed by atoms with Gasteiger partial charge in [-0.2, -0.15) is 13.2 Å². The van der Waals surface area contributed by atoms with Gasteiger partial charge in [0.2, 0.25) is 0 Å². The van der Waals surface area contributed by atoms with E-state index in [1.165, 1.54) is 12.3 Å². The predicted octanol–water partition coefficient (Wildman–Crippen LogP) is 4.74. The topological polar surface area (TPSA) is 40.2 Å². The fourth-order valence-corrected chi connectivity index (χ4v) is 2.60. The first-order valence-electron chi connectivity index (χ1n) is 7.70. The van der Waals surface area contributed by atoms with Crippen LogP contribution in [-0.2, 0) is 17.5 Å². The molecule has 0 aliphatic carbocycles. The van der Waals surface area contributed by atoms with Crippen LogP contribution in [0, 0.1) is 0 Å². The number of benzene rings is 1. The molecule has 128 valence electrons. The Morgan fingerprint density at radius 1 is 1.25 bits per heavy atom. The molecule has 2 aromatic heterocycles. The zero-order valence-corrected chi connectivity index (χ0v) is 13.1. The zero-order chi connectivity index (χ0) is 17.2. The molecule has 3 rings (SSSR count). The van der Waals surface area contributed by atoms with Crippen molar-refractivity contribution in [2.24, 2.45) is 0 Å². The highest BCUT2D eigenvalue weighted by molar-refractivity contribution is 5.80. The van der Waals surface area contributed by atoms with Crippen molar-refractivity contribution in [3.8, 4) is 11.6 Å². The summed E-state index contributed by atoms with van der Waals surface area (Å²) in [7, 11) is 0. The molecule has 0 N–H and O–H groups in total. The summed E-state index contributed by atoms with van der Waals surface area (Å²) in [6, 6.07) is 7.07. The van der Waals surface area contributed by atoms with Gasteiger partial charge >= 0.3 is 6.18 Å². The standard InChI is InChI=1S/C17H17F3N2O2/c1-2-23-9-4-8-22-14-7-6-12(17(18,19)20)11-13(14)21-16(22)15-5-3-10-24-15/h3,5-7,10-11H,2,4,8-9H2,1H3. The van der Waals surface area contributed by atoms with Crippen LogP contribution in [0.3, 0.4) is 0 Å². The van der Waals surface area contributed by atoms with Crippen molar-refractivity contribution < 1.29 is 22.3 Å². The summed E-state index contributed by atoms with van der Waals surface area (Å²) in [5.74, 6) is 1.04. The summed E-state index contributed by atoms with van der Waals surface area (Å²) < 4.78 is 51.3. The molecule has 3 aromatic rings. The highest BCUT2D eigenvalue weighted by Gasteiger charge is 2.31. The lowest BCUT2D eigenvalue weighted by atomic mass is 10.2. The highest BCUT2D eigenvalue weighted by Crippen LogP contribution is 2.33. The number of rotatable bonds is 6. The monoisotopic (exact) mass is 338 g/mol. The van der Waals surface area contributed by atoms with Crippen molar-refractivity contribution in [3.05, 3.63) is 42.2 Å². The number of aryl methyl sites for hydroxylation is 1. The lowest BCUT2D eigenvalue weighted by Gasteiger charge is -2.09. The SMILES string of the molecule is CCOCCCn1c(-c2ccco2)nc2cc(C(F)(F)F)ccc21. The van der Waals surface area contributed by atoms with Crippen LogP contribution in [0.4, 0.5) is 13.2 Å². The minimum absolute atomic E-state index is 0.299. The maximum absolute atomic E-state index is 12.9. The number of ether oxygens (including phenoxy) is 1. The molecule has 0 unspecified atom stereocenters. The minimum Gasteiger partial charge on any atom is -0.461 e. The van der Waals surface area contributed by atoms with Crippen molar-refractivity contribution in [2.45, 2.75) is 26.1 Å². The Morgan fingerprint density at radius 2 is 2.08 bits per heavy atom. The smallest absolute Gasteiger partial charge is 0.416 e. The number of hydrogen-bond donors (Lipinski definition) is 0. The van der Waals surface area contributed by atoms with E-state index in [0.717, 1.165) is 18.6 Å². The third-order valence-electron chi connectivity index (χ3n) is 3.69. The summed E-state index contributed by atoms with van der Waals surface area (Å²) in [5, 5.41) is 0. The number of furan rings is 1. The molecule has 0 aliphatic heterocycles. The van der Waals surface area contributed by atoms with Crippen LogP contribution in [0.15, 0.2) is 41.0 Å². The summed E-state index contributed by atoms with van der Waals surface area (Å²) >= 11 is 0. The van der Waals surface area contributed by atoms with Crippen LogP contribution in [0.25, 0.3) is 22.6 Å². The molecule has 0 radical (unpaired) electrons. The van der Waals surface area contributed by atoms with Gasteiger partial charge in [0.1, 0.15) is 0 Å². The fourth-order valence-electron chi connectivity index (χ4n) is 2.60. The second kappa shape index (κ2) is 6.68. The molecule has 1 aromatic carbocycles. The van der Waals surface area contributed by atoms with Gasteiger partial charge in [0.15, 0.2) is 11.6 Å². The molecule has 4 nitrogen and oxygen atoms in total. The number of hydrogen-bond acceptors (Lipinski definition) is 3. The largest absolute Gasteiger partial charge is 0.461 e. The third-order valence-corrected chi connectivity index (χ3v) is 3.69. The lowest BCUT2D eigenvalue weighted by molar-refractivity contribution is -0.137. The van der Waals surface area contributed by atoms with E-state index >= 15 is 0 Å². The van der Waals surface area contributed by atoms with Crippen molar-refractivity contribution >= 4 is 11.0 Å². The van der Waals surface area contributed by atoms with E-state index in [4.69, 9.17) is 9.15 Å². The molecule has 0 spiro atoms. The molecule has 0 fully saturated rings. The number of fused-ring (bicyclic) bond motifs is 1. The van der Waals surface area contributed by atoms with E-state index in [0.29, 0.717) is 42.4 Å². The van der Waals surface area contributed by atoms with E-state index < -0.39 is 11.7 Å². The van der Waals surface area contributed by atoms with Gasteiger partial charge in [-0.05, 0) is 43.7 Å². The number of halogens is 3. The molecule has 0 saturated heterocycles. The second-order valence-electron chi connectivity index (χ2n) is 5.32. The van der Waals surface area contributed by atoms with Crippen LogP contribution in [-0.4, -0.2) is 22.8 Å². The van der Waals surface area contributed by atoms with Crippen LogP contribution < -0.4 is 0 Å². The Morgan fingerprint density at radius 3 is 2.75 bits per heavy atom. The number of alkyl halides is 3. The van der Waals surface area contributed by atoms with Gasteiger partial charge < -0.3 is 13.7 Å². The summed E-state index contributed by atoms with van der Waals surface area (Å²) in [4.78, 5) is 4.36. The Kier molecular flexibility index (Phi) is 4.62. The third kappa shape index (κ3) is 3.31. The molecule has 2 heterocycles. The van der Waals surface area contributed by atoms with Crippen molar-refractivity contribution in [1.29, 1.82) is 0 Å². The highest BCUT2D eigenvalue weighted by atomic mass is 19.4. The van der Waals surface area contributed by atoms with E-state index in [-0.39, 0.29) is 0 Å². The Balaban J connectivity index is 2.03. The molecule has 0 aliphatic rings. The number of aromatic nitrogens is 2. The summed E-state index contributed by atoms with van der Waals surface area (Å²) in [6.45, 7) is 3.70. The Labute approximate surface area is 136 Å². The van der Waals surface area contributed by atoms with E-state index in [9.17, 15) is 13.2 Å². The van der Waals surface area contributed by atoms with Crippen LogP contribution >= 0.6 is 0 Å². The van der Waals surface area contributed by atoms with Crippen LogP contribution in [0.1, 0.15) is 18.9 Å². The molecule has 0 amide bonds. The van der Waals surface area contributed by atoms with Gasteiger partial charge in [-0.3, -0.25) is 0 Å². The molecule has 24 heavy (non-hydrogen) atoms. The van der Waals surface area contributed by atoms with Crippen LogP contribution in [0.5, 0.6) is 0 Å². The van der Waals surface area contributed by atoms with Gasteiger partial charge in [-0.15, -0.1) is 0 Å². The van der Waals surface area contributed by atoms with Gasteiger partial charge in [0.25, 0.3) is 0 Å². The van der Waals surface area contributed by atoms with Gasteiger partial charge in [-0.25, -0.2) is 4.98 Å². The Bertz CT molecular complexity index is 807. The molecule has 0 saturated carbocycles. The molecule has 0 bridgehead atoms. The first kappa shape index (κ1) is 16.6. The number of nitrogens with zero attached hydrogens (tertiary/aromatic N) is 2. The normalized spacial score (nSPS) is 12.2. The minimum atomic E-state index is -4.39. The van der Waals surface area contributed by atoms with E-state index in [2.05, 4.69) is 4.98 Å². The Hall–Kier alpha value is -2.28. The first-order chi connectivity index (χ1) is 11.5. The lowest BCUT2D eigenvalue weighted by Crippen LogP contribution is -2.05. The van der Waals surface area contributed by atoms with Gasteiger partial charge in [0.05, 0.1) is 22.9 Å². The quantitative estimate of drug-likeness (QED) is 0.609. The van der Waals surface area contributed by atoms with Crippen molar-refractivity contribution in [2.75, 3.05) is 13.2 Å². The van der Waals surface area contributed by atoms with Crippen molar-refractivity contribution in [1.82, 2.24) is 9.55 Å². The van der Waals surface area contributed by atoms with Gasteiger partial charge in [0, 0.05) is 19.8 Å². The fraction of sp³-hybridized carbons (Fsp3) is 0.353. The average Bonchev–Trinajstić information content (AvgIpc) is 3.17. The molecule has 0 atom stereocenters. The number of imidazole rings is 1. The van der Waals surface area contributed by atoms with Gasteiger partial charge in [-0.1, -0.05) is 0 Å². The van der Waals surface area contributed by atoms with Crippen molar-refractivity contribution in [3.63, 3.8) is 0 Å². The maximum Gasteiger partial charge on any atom is 0.416 e. The van der Waals surface area contributed by atoms with Crippen LogP contribution in [0.2, 0.25) is 0 Å². The zero-order valence-electron chi connectivity index (χ0n) is 13.1. The average molecular weight is 338 g/mol. The summed E-state index contributed by atoms with van der Waals surface area (Å²) in [5.41, 5.74) is 0.235. The summed E-state index contributed by atoms with van der Waals surface area (Å²) in [6.07, 6.45) is -2.15.